The Morgan fingerprint density at radius 1 is 0.935 bits per heavy atom. The van der Waals surface area contributed by atoms with Crippen LogP contribution in [0.15, 0.2) is 54.6 Å². The highest BCUT2D eigenvalue weighted by Crippen LogP contribution is 2.47. The van der Waals surface area contributed by atoms with Crippen molar-refractivity contribution in [2.24, 2.45) is 5.92 Å². The molecular weight excluding hydrogens is 429 g/mol. The lowest BCUT2D eigenvalue weighted by molar-refractivity contribution is -0.0235. The molecule has 5 rings (SSSR count). The van der Waals surface area contributed by atoms with Crippen molar-refractivity contribution >= 4 is 29.0 Å². The van der Waals surface area contributed by atoms with Gasteiger partial charge in [0, 0.05) is 21.2 Å². The molecule has 0 amide bonds. The minimum absolute atomic E-state index is 0.108. The van der Waals surface area contributed by atoms with Gasteiger partial charge in [-0.2, -0.15) is 0 Å². The number of rotatable bonds is 2. The molecule has 1 atom stereocenters. The smallest absolute Gasteiger partial charge is 0.225 e. The van der Waals surface area contributed by atoms with Gasteiger partial charge in [0.2, 0.25) is 5.88 Å². The second kappa shape index (κ2) is 7.96. The highest BCUT2D eigenvalue weighted by Gasteiger charge is 2.48. The Hall–Kier alpha value is -2.36. The van der Waals surface area contributed by atoms with Gasteiger partial charge in [0.25, 0.3) is 0 Å². The van der Waals surface area contributed by atoms with Crippen LogP contribution in [-0.4, -0.2) is 16.4 Å². The Kier molecular flexibility index (Phi) is 5.27. The molecule has 5 heteroatoms. The van der Waals surface area contributed by atoms with Crippen LogP contribution in [0.1, 0.15) is 49.4 Å². The van der Waals surface area contributed by atoms with E-state index in [1.165, 1.54) is 6.42 Å². The molecule has 3 aromatic rings. The van der Waals surface area contributed by atoms with E-state index in [2.05, 4.69) is 0 Å². The summed E-state index contributed by atoms with van der Waals surface area (Å²) in [4.78, 5) is 18.4. The molecule has 1 aromatic heterocycles. The van der Waals surface area contributed by atoms with Gasteiger partial charge in [-0.3, -0.25) is 4.79 Å². The van der Waals surface area contributed by atoms with Crippen molar-refractivity contribution < 1.29 is 9.53 Å². The number of Topliss-reactive ketones (excluding diaryl/α,β-unsaturated/α-hetero) is 1. The Balaban J connectivity index is 1.72. The highest BCUT2D eigenvalue weighted by atomic mass is 35.5. The second-order valence-corrected chi connectivity index (χ2v) is 9.38. The molecule has 0 saturated heterocycles. The predicted molar refractivity (Wildman–Crippen MR) is 125 cm³/mol. The molecule has 0 N–H and O–H groups in total. The van der Waals surface area contributed by atoms with Crippen molar-refractivity contribution in [3.05, 3.63) is 70.2 Å². The first-order valence-corrected chi connectivity index (χ1v) is 11.5. The Morgan fingerprint density at radius 3 is 2.35 bits per heavy atom. The molecule has 158 valence electrons. The molecule has 1 aliphatic carbocycles. The minimum atomic E-state index is -0.450. The molecule has 1 saturated carbocycles. The third-order valence-corrected chi connectivity index (χ3v) is 7.30. The van der Waals surface area contributed by atoms with Gasteiger partial charge in [0.05, 0.1) is 17.2 Å². The standard InChI is InChI=1S/C26H23Cl2NO2/c1-16-24(30)21-15-20(17-9-11-18(27)12-10-17)23(19-7-3-4-8-22(19)28)29-25(21)31-26(16)13-5-2-6-14-26/h3-4,7-12,15-16H,2,5-6,13-14H2,1H3. The quantitative estimate of drug-likeness (QED) is 0.401. The van der Waals surface area contributed by atoms with Crippen LogP contribution in [0, 0.1) is 5.92 Å². The van der Waals surface area contributed by atoms with Crippen LogP contribution in [-0.2, 0) is 0 Å². The summed E-state index contributed by atoms with van der Waals surface area (Å²) in [6.07, 6.45) is 5.12. The second-order valence-electron chi connectivity index (χ2n) is 8.54. The maximum atomic E-state index is 13.5. The van der Waals surface area contributed by atoms with Crippen LogP contribution in [0.3, 0.4) is 0 Å². The van der Waals surface area contributed by atoms with Gasteiger partial charge in [-0.25, -0.2) is 4.98 Å². The van der Waals surface area contributed by atoms with E-state index in [-0.39, 0.29) is 11.7 Å². The molecule has 1 unspecified atom stereocenters. The van der Waals surface area contributed by atoms with E-state index in [1.54, 1.807) is 0 Å². The van der Waals surface area contributed by atoms with Crippen molar-refractivity contribution in [2.75, 3.05) is 0 Å². The van der Waals surface area contributed by atoms with E-state index >= 15 is 0 Å². The number of carbonyl (C=O) groups excluding carboxylic acids is 1. The van der Waals surface area contributed by atoms with Crippen LogP contribution < -0.4 is 4.74 Å². The fourth-order valence-corrected chi connectivity index (χ4v) is 5.25. The zero-order valence-electron chi connectivity index (χ0n) is 17.3. The van der Waals surface area contributed by atoms with E-state index in [0.717, 1.165) is 42.4 Å². The molecule has 31 heavy (non-hydrogen) atoms. The first-order chi connectivity index (χ1) is 15.0. The Bertz CT molecular complexity index is 1150. The first kappa shape index (κ1) is 20.5. The third kappa shape index (κ3) is 3.54. The number of halogens is 2. The van der Waals surface area contributed by atoms with E-state index < -0.39 is 5.60 Å². The van der Waals surface area contributed by atoms with Gasteiger partial charge in [0.15, 0.2) is 5.78 Å². The van der Waals surface area contributed by atoms with E-state index in [1.807, 2.05) is 61.5 Å². The fourth-order valence-electron chi connectivity index (χ4n) is 4.90. The predicted octanol–water partition coefficient (Wildman–Crippen LogP) is 7.64. The number of pyridine rings is 1. The summed E-state index contributed by atoms with van der Waals surface area (Å²) < 4.78 is 6.56. The van der Waals surface area contributed by atoms with E-state index in [4.69, 9.17) is 32.9 Å². The Labute approximate surface area is 192 Å². The van der Waals surface area contributed by atoms with Crippen LogP contribution in [0.4, 0.5) is 0 Å². The highest BCUT2D eigenvalue weighted by molar-refractivity contribution is 6.33. The first-order valence-electron chi connectivity index (χ1n) is 10.8. The normalized spacial score (nSPS) is 19.7. The van der Waals surface area contributed by atoms with Gasteiger partial charge in [-0.05, 0) is 55.5 Å². The van der Waals surface area contributed by atoms with E-state index in [0.29, 0.717) is 27.2 Å². The number of carbonyl (C=O) groups is 1. The zero-order chi connectivity index (χ0) is 21.6. The number of ether oxygens (including phenoxy) is 1. The molecule has 2 aromatic carbocycles. The minimum Gasteiger partial charge on any atom is -0.470 e. The summed E-state index contributed by atoms with van der Waals surface area (Å²) >= 11 is 12.7. The number of benzene rings is 2. The van der Waals surface area contributed by atoms with Crippen LogP contribution >= 0.6 is 23.2 Å². The van der Waals surface area contributed by atoms with Gasteiger partial charge in [-0.15, -0.1) is 0 Å². The van der Waals surface area contributed by atoms with Gasteiger partial charge in [-0.1, -0.05) is 66.9 Å². The van der Waals surface area contributed by atoms with Gasteiger partial charge < -0.3 is 4.74 Å². The van der Waals surface area contributed by atoms with Crippen molar-refractivity contribution in [3.63, 3.8) is 0 Å². The molecule has 2 aliphatic rings. The monoisotopic (exact) mass is 451 g/mol. The number of hydrogen-bond acceptors (Lipinski definition) is 3. The number of nitrogens with zero attached hydrogens (tertiary/aromatic N) is 1. The summed E-state index contributed by atoms with van der Waals surface area (Å²) in [7, 11) is 0. The SMILES string of the molecule is CC1C(=O)c2cc(-c3ccc(Cl)cc3)c(-c3ccccc3Cl)nc2OC12CCCCC2. The lowest BCUT2D eigenvalue weighted by Crippen LogP contribution is -2.50. The maximum Gasteiger partial charge on any atom is 0.225 e. The van der Waals surface area contributed by atoms with Crippen LogP contribution in [0.5, 0.6) is 5.88 Å². The average Bonchev–Trinajstić information content (AvgIpc) is 2.79. The summed E-state index contributed by atoms with van der Waals surface area (Å²) in [6, 6.07) is 17.1. The molecule has 0 bridgehead atoms. The number of aromatic nitrogens is 1. The zero-order valence-corrected chi connectivity index (χ0v) is 18.8. The number of ketones is 1. The molecule has 1 fully saturated rings. The Morgan fingerprint density at radius 2 is 1.65 bits per heavy atom. The van der Waals surface area contributed by atoms with Crippen LogP contribution in [0.2, 0.25) is 10.0 Å². The van der Waals surface area contributed by atoms with Gasteiger partial charge in [0.1, 0.15) is 5.60 Å². The van der Waals surface area contributed by atoms with Crippen molar-refractivity contribution in [2.45, 2.75) is 44.6 Å². The van der Waals surface area contributed by atoms with Crippen LogP contribution in [0.25, 0.3) is 22.4 Å². The van der Waals surface area contributed by atoms with E-state index in [9.17, 15) is 4.79 Å². The summed E-state index contributed by atoms with van der Waals surface area (Å²) in [5.74, 6) is 0.348. The fraction of sp³-hybridized carbons (Fsp3) is 0.308. The average molecular weight is 452 g/mol. The molecule has 0 radical (unpaired) electrons. The largest absolute Gasteiger partial charge is 0.470 e. The molecule has 3 nitrogen and oxygen atoms in total. The summed E-state index contributed by atoms with van der Waals surface area (Å²) in [5, 5.41) is 1.26. The summed E-state index contributed by atoms with van der Waals surface area (Å²) in [6.45, 7) is 2.00. The molecule has 1 spiro atoms. The molecular formula is C26H23Cl2NO2. The lowest BCUT2D eigenvalue weighted by Gasteiger charge is -2.44. The van der Waals surface area contributed by atoms with Gasteiger partial charge >= 0.3 is 0 Å². The van der Waals surface area contributed by atoms with Crippen molar-refractivity contribution in [1.82, 2.24) is 4.98 Å². The third-order valence-electron chi connectivity index (χ3n) is 6.72. The maximum absolute atomic E-state index is 13.5. The number of fused-ring (bicyclic) bond motifs is 1. The van der Waals surface area contributed by atoms with Crippen molar-refractivity contribution in [1.29, 1.82) is 0 Å². The summed E-state index contributed by atoms with van der Waals surface area (Å²) in [5.41, 5.74) is 3.38. The topological polar surface area (TPSA) is 39.2 Å². The lowest BCUT2D eigenvalue weighted by atomic mass is 9.72. The molecule has 1 aliphatic heterocycles. The molecule has 2 heterocycles. The number of hydrogen-bond donors (Lipinski definition) is 0. The van der Waals surface area contributed by atoms with Crippen molar-refractivity contribution in [3.8, 4) is 28.3 Å².